The highest BCUT2D eigenvalue weighted by Crippen LogP contribution is 2.34. The molecule has 29 heavy (non-hydrogen) atoms. The standard InChI is InChI=1S/C20H18ClN3O4S/c1-27-17-8-4-7-14(18(17)28-2)20(25)22-19-15-10-29(26)11-16(15)23-24(19)13-6-3-5-12(21)9-13/h3-9H,10-11H2,1-2H3,(H,22,25). The fourth-order valence-electron chi connectivity index (χ4n) is 3.29. The number of nitrogens with zero attached hydrogens (tertiary/aromatic N) is 2. The normalized spacial score (nSPS) is 15.1. The van der Waals surface area contributed by atoms with Gasteiger partial charge in [-0.1, -0.05) is 23.7 Å². The third kappa shape index (κ3) is 3.61. The quantitative estimate of drug-likeness (QED) is 0.668. The van der Waals surface area contributed by atoms with Crippen LogP contribution in [0.15, 0.2) is 42.5 Å². The van der Waals surface area contributed by atoms with Crippen LogP contribution in [0.2, 0.25) is 5.02 Å². The molecule has 2 aromatic carbocycles. The number of ether oxygens (including phenoxy) is 2. The van der Waals surface area contributed by atoms with Gasteiger partial charge in [-0.3, -0.25) is 9.00 Å². The van der Waals surface area contributed by atoms with Gasteiger partial charge in [0.2, 0.25) is 0 Å². The van der Waals surface area contributed by atoms with Gasteiger partial charge in [-0.25, -0.2) is 4.68 Å². The molecule has 0 spiro atoms. The highest BCUT2D eigenvalue weighted by Gasteiger charge is 2.29. The predicted octanol–water partition coefficient (Wildman–Crippen LogP) is 3.56. The molecule has 3 aromatic rings. The van der Waals surface area contributed by atoms with E-state index in [-0.39, 0.29) is 5.91 Å². The smallest absolute Gasteiger partial charge is 0.260 e. The van der Waals surface area contributed by atoms with Crippen molar-refractivity contribution in [3.05, 3.63) is 64.3 Å². The average Bonchev–Trinajstić information content (AvgIpc) is 3.24. The van der Waals surface area contributed by atoms with Crippen molar-refractivity contribution in [3.8, 4) is 17.2 Å². The van der Waals surface area contributed by atoms with E-state index in [0.29, 0.717) is 50.8 Å². The van der Waals surface area contributed by atoms with Crippen molar-refractivity contribution in [2.24, 2.45) is 0 Å². The van der Waals surface area contributed by atoms with Gasteiger partial charge in [-0.2, -0.15) is 5.10 Å². The first-order valence-corrected chi connectivity index (χ1v) is 10.6. The zero-order valence-electron chi connectivity index (χ0n) is 15.8. The minimum atomic E-state index is -1.04. The van der Waals surface area contributed by atoms with Crippen LogP contribution in [0, 0.1) is 0 Å². The van der Waals surface area contributed by atoms with E-state index in [0.717, 1.165) is 5.56 Å². The van der Waals surface area contributed by atoms with Crippen molar-refractivity contribution >= 4 is 34.1 Å². The summed E-state index contributed by atoms with van der Waals surface area (Å²) in [5.74, 6) is 1.57. The maximum absolute atomic E-state index is 13.1. The number of hydrogen-bond acceptors (Lipinski definition) is 5. The Balaban J connectivity index is 1.78. The Morgan fingerprint density at radius 1 is 1.17 bits per heavy atom. The average molecular weight is 432 g/mol. The maximum atomic E-state index is 13.1. The lowest BCUT2D eigenvalue weighted by Gasteiger charge is -2.14. The molecule has 150 valence electrons. The molecule has 7 nitrogen and oxygen atoms in total. The molecule has 0 saturated carbocycles. The number of halogens is 1. The lowest BCUT2D eigenvalue weighted by atomic mass is 10.1. The van der Waals surface area contributed by atoms with Crippen molar-refractivity contribution in [1.29, 1.82) is 0 Å². The van der Waals surface area contributed by atoms with E-state index in [1.807, 2.05) is 6.07 Å². The first kappa shape index (κ1) is 19.5. The van der Waals surface area contributed by atoms with E-state index in [9.17, 15) is 9.00 Å². The van der Waals surface area contributed by atoms with Crippen molar-refractivity contribution < 1.29 is 18.5 Å². The molecule has 2 heterocycles. The van der Waals surface area contributed by atoms with Gasteiger partial charge in [0.1, 0.15) is 5.82 Å². The van der Waals surface area contributed by atoms with E-state index in [4.69, 9.17) is 21.1 Å². The SMILES string of the molecule is COc1cccc(C(=O)Nc2c3c(nn2-c2cccc(Cl)c2)CS(=O)C3)c1OC. The summed E-state index contributed by atoms with van der Waals surface area (Å²) < 4.78 is 24.3. The van der Waals surface area contributed by atoms with Gasteiger partial charge in [0, 0.05) is 21.4 Å². The Morgan fingerprint density at radius 2 is 1.97 bits per heavy atom. The third-order valence-electron chi connectivity index (χ3n) is 4.60. The number of para-hydroxylation sites is 1. The van der Waals surface area contributed by atoms with Gasteiger partial charge >= 0.3 is 0 Å². The molecule has 0 fully saturated rings. The molecular formula is C20H18ClN3O4S. The topological polar surface area (TPSA) is 82.5 Å². The number of methoxy groups -OCH3 is 2. The Labute approximate surface area is 175 Å². The third-order valence-corrected chi connectivity index (χ3v) is 6.04. The number of aromatic nitrogens is 2. The van der Waals surface area contributed by atoms with Gasteiger partial charge in [0.15, 0.2) is 11.5 Å². The summed E-state index contributed by atoms with van der Waals surface area (Å²) in [5.41, 5.74) is 2.49. The molecular weight excluding hydrogens is 414 g/mol. The van der Waals surface area contributed by atoms with Crippen LogP contribution in [-0.4, -0.2) is 34.1 Å². The van der Waals surface area contributed by atoms with Crippen LogP contribution in [0.5, 0.6) is 11.5 Å². The number of amides is 1. The van der Waals surface area contributed by atoms with Crippen LogP contribution in [-0.2, 0) is 22.3 Å². The number of rotatable bonds is 5. The number of benzene rings is 2. The van der Waals surface area contributed by atoms with Crippen LogP contribution in [0.4, 0.5) is 5.82 Å². The Hall–Kier alpha value is -2.84. The largest absolute Gasteiger partial charge is 0.493 e. The van der Waals surface area contributed by atoms with Crippen LogP contribution < -0.4 is 14.8 Å². The Morgan fingerprint density at radius 3 is 2.69 bits per heavy atom. The second-order valence-electron chi connectivity index (χ2n) is 6.39. The van der Waals surface area contributed by atoms with Gasteiger partial charge in [-0.05, 0) is 30.3 Å². The molecule has 1 unspecified atom stereocenters. The molecule has 1 aliphatic rings. The van der Waals surface area contributed by atoms with Crippen LogP contribution in [0.1, 0.15) is 21.6 Å². The molecule has 1 atom stereocenters. The zero-order valence-corrected chi connectivity index (χ0v) is 17.3. The van der Waals surface area contributed by atoms with E-state index < -0.39 is 10.8 Å². The number of nitrogens with one attached hydrogen (secondary N) is 1. The molecule has 0 radical (unpaired) electrons. The molecule has 1 aliphatic heterocycles. The van der Waals surface area contributed by atoms with Crippen LogP contribution >= 0.6 is 11.6 Å². The Bertz CT molecular complexity index is 1130. The van der Waals surface area contributed by atoms with E-state index in [1.54, 1.807) is 41.1 Å². The Kier molecular flexibility index (Phi) is 5.29. The highest BCUT2D eigenvalue weighted by atomic mass is 35.5. The zero-order chi connectivity index (χ0) is 20.5. The number of carbonyl (C=O) groups excluding carboxylic acids is 1. The van der Waals surface area contributed by atoms with Gasteiger partial charge in [-0.15, -0.1) is 0 Å². The van der Waals surface area contributed by atoms with Crippen molar-refractivity contribution in [3.63, 3.8) is 0 Å². The fraction of sp³-hybridized carbons (Fsp3) is 0.200. The summed E-state index contributed by atoms with van der Waals surface area (Å²) >= 11 is 6.13. The second kappa shape index (κ2) is 7.88. The number of anilines is 1. The molecule has 0 saturated heterocycles. The van der Waals surface area contributed by atoms with E-state index >= 15 is 0 Å². The van der Waals surface area contributed by atoms with Crippen LogP contribution in [0.25, 0.3) is 5.69 Å². The minimum absolute atomic E-state index is 0.318. The number of hydrogen-bond donors (Lipinski definition) is 1. The minimum Gasteiger partial charge on any atom is -0.493 e. The monoisotopic (exact) mass is 431 g/mol. The van der Waals surface area contributed by atoms with E-state index in [2.05, 4.69) is 10.4 Å². The number of carbonyl (C=O) groups is 1. The summed E-state index contributed by atoms with van der Waals surface area (Å²) in [5, 5.41) is 8.04. The van der Waals surface area contributed by atoms with Crippen molar-refractivity contribution in [2.45, 2.75) is 11.5 Å². The molecule has 1 aromatic heterocycles. The highest BCUT2D eigenvalue weighted by molar-refractivity contribution is 7.83. The molecule has 1 amide bonds. The summed E-state index contributed by atoms with van der Waals surface area (Å²) in [6.45, 7) is 0. The lowest BCUT2D eigenvalue weighted by molar-refractivity contribution is 0.102. The molecule has 4 rings (SSSR count). The molecule has 9 heteroatoms. The van der Waals surface area contributed by atoms with Crippen molar-refractivity contribution in [2.75, 3.05) is 19.5 Å². The van der Waals surface area contributed by atoms with Gasteiger partial charge in [0.25, 0.3) is 5.91 Å². The first-order valence-electron chi connectivity index (χ1n) is 8.76. The van der Waals surface area contributed by atoms with Gasteiger partial charge < -0.3 is 14.8 Å². The maximum Gasteiger partial charge on any atom is 0.260 e. The second-order valence-corrected chi connectivity index (χ2v) is 8.28. The molecule has 0 bridgehead atoms. The van der Waals surface area contributed by atoms with Crippen molar-refractivity contribution in [1.82, 2.24) is 9.78 Å². The molecule has 1 N–H and O–H groups in total. The van der Waals surface area contributed by atoms with Crippen LogP contribution in [0.3, 0.4) is 0 Å². The van der Waals surface area contributed by atoms with Gasteiger partial charge in [0.05, 0.1) is 42.7 Å². The predicted molar refractivity (Wildman–Crippen MR) is 112 cm³/mol. The van der Waals surface area contributed by atoms with E-state index in [1.165, 1.54) is 14.2 Å². The summed E-state index contributed by atoms with van der Waals surface area (Å²) in [7, 11) is 1.95. The lowest BCUT2D eigenvalue weighted by Crippen LogP contribution is -2.17. The molecule has 0 aliphatic carbocycles. The number of fused-ring (bicyclic) bond motifs is 1. The summed E-state index contributed by atoms with van der Waals surface area (Å²) in [6.07, 6.45) is 0. The first-order chi connectivity index (χ1) is 14.0. The summed E-state index contributed by atoms with van der Waals surface area (Å²) in [4.78, 5) is 13.1. The summed E-state index contributed by atoms with van der Waals surface area (Å²) in [6, 6.07) is 12.2. The fourth-order valence-corrected chi connectivity index (χ4v) is 4.74.